The predicted molar refractivity (Wildman–Crippen MR) is 84.6 cm³/mol. The van der Waals surface area contributed by atoms with Gasteiger partial charge in [0.1, 0.15) is 0 Å². The lowest BCUT2D eigenvalue weighted by atomic mass is 10.0. The number of benzene rings is 2. The van der Waals surface area contributed by atoms with E-state index in [0.29, 0.717) is 6.04 Å². The van der Waals surface area contributed by atoms with Crippen LogP contribution in [-0.4, -0.2) is 5.75 Å². The molecule has 1 N–H and O–H groups in total. The fourth-order valence-electron chi connectivity index (χ4n) is 2.29. The van der Waals surface area contributed by atoms with E-state index in [1.807, 2.05) is 42.1 Å². The quantitative estimate of drug-likeness (QED) is 0.770. The van der Waals surface area contributed by atoms with Crippen molar-refractivity contribution in [3.63, 3.8) is 0 Å². The van der Waals surface area contributed by atoms with Crippen LogP contribution in [-0.2, 0) is 0 Å². The second-order valence-electron chi connectivity index (χ2n) is 4.53. The van der Waals surface area contributed by atoms with Gasteiger partial charge in [-0.15, -0.1) is 11.8 Å². The molecule has 0 saturated carbocycles. The van der Waals surface area contributed by atoms with Crippen LogP contribution in [0.5, 0.6) is 0 Å². The van der Waals surface area contributed by atoms with Crippen molar-refractivity contribution < 1.29 is 0 Å². The molecule has 1 aliphatic rings. The number of halogens is 2. The maximum Gasteiger partial charge on any atom is 0.0533 e. The molecule has 1 unspecified atom stereocenters. The first-order chi connectivity index (χ1) is 9.22. The van der Waals surface area contributed by atoms with Crippen LogP contribution >= 0.6 is 35.0 Å². The molecule has 0 saturated heterocycles. The second-order valence-corrected chi connectivity index (χ2v) is 6.54. The Kier molecular flexibility index (Phi) is 3.92. The average Bonchev–Trinajstić information content (AvgIpc) is 2.39. The predicted octanol–water partition coefficient (Wildman–Crippen LogP) is 5.64. The first kappa shape index (κ1) is 13.2. The van der Waals surface area contributed by atoms with E-state index in [1.54, 1.807) is 0 Å². The second kappa shape index (κ2) is 5.66. The number of anilines is 1. The number of fused-ring (bicyclic) bond motifs is 1. The summed E-state index contributed by atoms with van der Waals surface area (Å²) in [6.07, 6.45) is 1.09. The summed E-state index contributed by atoms with van der Waals surface area (Å²) < 4.78 is 0. The largest absolute Gasteiger partial charge is 0.378 e. The molecule has 0 aromatic heterocycles. The van der Waals surface area contributed by atoms with E-state index < -0.39 is 0 Å². The summed E-state index contributed by atoms with van der Waals surface area (Å²) in [5.41, 5.74) is 2.33. The molecular weight excluding hydrogens is 297 g/mol. The van der Waals surface area contributed by atoms with Crippen molar-refractivity contribution in [3.8, 4) is 0 Å². The van der Waals surface area contributed by atoms with Crippen LogP contribution in [0.15, 0.2) is 47.4 Å². The van der Waals surface area contributed by atoms with Gasteiger partial charge in [0.25, 0.3) is 0 Å². The number of nitrogens with one attached hydrogen (secondary N) is 1. The van der Waals surface area contributed by atoms with Crippen LogP contribution in [0, 0.1) is 0 Å². The molecule has 0 amide bonds. The molecule has 0 bridgehead atoms. The van der Waals surface area contributed by atoms with Crippen LogP contribution in [0.3, 0.4) is 0 Å². The highest BCUT2D eigenvalue weighted by Crippen LogP contribution is 2.39. The molecule has 19 heavy (non-hydrogen) atoms. The highest BCUT2D eigenvalue weighted by atomic mass is 35.5. The Morgan fingerprint density at radius 1 is 1.05 bits per heavy atom. The van der Waals surface area contributed by atoms with E-state index in [9.17, 15) is 0 Å². The van der Waals surface area contributed by atoms with Crippen molar-refractivity contribution in [2.75, 3.05) is 11.1 Å². The van der Waals surface area contributed by atoms with Crippen LogP contribution < -0.4 is 5.32 Å². The molecular formula is C15H13Cl2NS. The molecule has 98 valence electrons. The lowest BCUT2D eigenvalue weighted by Gasteiger charge is -2.27. The maximum absolute atomic E-state index is 6.11. The number of hydrogen-bond acceptors (Lipinski definition) is 2. The fraction of sp³-hybridized carbons (Fsp3) is 0.200. The third kappa shape index (κ3) is 3.02. The standard InChI is InChI=1S/C15H13Cl2NS/c16-10-2-1-3-12(8-10)18-14-6-7-19-15-5-4-11(17)9-13(14)15/h1-5,8-9,14,18H,6-7H2. The smallest absolute Gasteiger partial charge is 0.0533 e. The Bertz CT molecular complexity index is 600. The Morgan fingerprint density at radius 2 is 1.89 bits per heavy atom. The first-order valence-electron chi connectivity index (χ1n) is 6.17. The lowest BCUT2D eigenvalue weighted by molar-refractivity contribution is 0.729. The molecule has 1 aliphatic heterocycles. The molecule has 2 aromatic rings. The molecule has 0 spiro atoms. The third-order valence-corrected chi connectivity index (χ3v) is 4.77. The molecule has 4 heteroatoms. The van der Waals surface area contributed by atoms with Gasteiger partial charge in [-0.05, 0) is 48.4 Å². The minimum absolute atomic E-state index is 0.299. The van der Waals surface area contributed by atoms with Gasteiger partial charge in [-0.2, -0.15) is 0 Å². The maximum atomic E-state index is 6.11. The van der Waals surface area contributed by atoms with E-state index in [-0.39, 0.29) is 0 Å². The molecule has 0 radical (unpaired) electrons. The van der Waals surface area contributed by atoms with Crippen LogP contribution in [0.1, 0.15) is 18.0 Å². The van der Waals surface area contributed by atoms with Crippen molar-refractivity contribution in [1.29, 1.82) is 0 Å². The van der Waals surface area contributed by atoms with Crippen LogP contribution in [0.2, 0.25) is 10.0 Å². The normalized spacial score (nSPS) is 17.9. The van der Waals surface area contributed by atoms with Gasteiger partial charge in [0.2, 0.25) is 0 Å². The highest BCUT2D eigenvalue weighted by molar-refractivity contribution is 7.99. The number of rotatable bonds is 2. The zero-order valence-corrected chi connectivity index (χ0v) is 12.5. The summed E-state index contributed by atoms with van der Waals surface area (Å²) in [5.74, 6) is 1.12. The van der Waals surface area contributed by atoms with Gasteiger partial charge in [-0.1, -0.05) is 29.3 Å². The Morgan fingerprint density at radius 3 is 2.74 bits per heavy atom. The molecule has 0 fully saturated rings. The summed E-state index contributed by atoms with van der Waals surface area (Å²) in [5, 5.41) is 5.09. The SMILES string of the molecule is Clc1cccc(NC2CCSc3ccc(Cl)cc32)c1. The van der Waals surface area contributed by atoms with Gasteiger partial charge in [-0.3, -0.25) is 0 Å². The Hall–Kier alpha value is -0.830. The summed E-state index contributed by atoms with van der Waals surface area (Å²) in [7, 11) is 0. The molecule has 1 heterocycles. The zero-order chi connectivity index (χ0) is 13.2. The van der Waals surface area contributed by atoms with Gasteiger partial charge in [0.05, 0.1) is 6.04 Å². The summed E-state index contributed by atoms with van der Waals surface area (Å²) >= 11 is 14.0. The highest BCUT2D eigenvalue weighted by Gasteiger charge is 2.20. The van der Waals surface area contributed by atoms with Crippen LogP contribution in [0.4, 0.5) is 5.69 Å². The molecule has 3 rings (SSSR count). The van der Waals surface area contributed by atoms with Crippen LogP contribution in [0.25, 0.3) is 0 Å². The van der Waals surface area contributed by atoms with Crippen molar-refractivity contribution in [2.24, 2.45) is 0 Å². The lowest BCUT2D eigenvalue weighted by Crippen LogP contribution is -2.16. The minimum Gasteiger partial charge on any atom is -0.378 e. The van der Waals surface area contributed by atoms with Crippen molar-refractivity contribution >= 4 is 40.7 Å². The van der Waals surface area contributed by atoms with E-state index >= 15 is 0 Å². The van der Waals surface area contributed by atoms with Crippen molar-refractivity contribution in [1.82, 2.24) is 0 Å². The minimum atomic E-state index is 0.299. The van der Waals surface area contributed by atoms with Gasteiger partial charge in [0, 0.05) is 26.4 Å². The van der Waals surface area contributed by atoms with Gasteiger partial charge in [0.15, 0.2) is 0 Å². The molecule has 0 aliphatic carbocycles. The van der Waals surface area contributed by atoms with E-state index in [1.165, 1.54) is 10.5 Å². The van der Waals surface area contributed by atoms with E-state index in [0.717, 1.165) is 27.9 Å². The summed E-state index contributed by atoms with van der Waals surface area (Å²) in [6.45, 7) is 0. The summed E-state index contributed by atoms with van der Waals surface area (Å²) in [6, 6.07) is 14.3. The number of thioether (sulfide) groups is 1. The van der Waals surface area contributed by atoms with E-state index in [2.05, 4.69) is 17.4 Å². The van der Waals surface area contributed by atoms with Gasteiger partial charge < -0.3 is 5.32 Å². The zero-order valence-electron chi connectivity index (χ0n) is 10.2. The fourth-order valence-corrected chi connectivity index (χ4v) is 3.77. The number of hydrogen-bond donors (Lipinski definition) is 1. The topological polar surface area (TPSA) is 12.0 Å². The first-order valence-corrected chi connectivity index (χ1v) is 7.91. The van der Waals surface area contributed by atoms with Gasteiger partial charge >= 0.3 is 0 Å². The van der Waals surface area contributed by atoms with Crippen molar-refractivity contribution in [3.05, 3.63) is 58.1 Å². The van der Waals surface area contributed by atoms with E-state index in [4.69, 9.17) is 23.2 Å². The summed E-state index contributed by atoms with van der Waals surface area (Å²) in [4.78, 5) is 1.31. The monoisotopic (exact) mass is 309 g/mol. The third-order valence-electron chi connectivity index (χ3n) is 3.18. The molecule has 1 atom stereocenters. The van der Waals surface area contributed by atoms with Gasteiger partial charge in [-0.25, -0.2) is 0 Å². The Labute approximate surface area is 127 Å². The van der Waals surface area contributed by atoms with Crippen molar-refractivity contribution in [2.45, 2.75) is 17.4 Å². The Balaban J connectivity index is 1.89. The average molecular weight is 310 g/mol. The molecule has 2 aromatic carbocycles. The molecule has 1 nitrogen and oxygen atoms in total.